The van der Waals surface area contributed by atoms with Gasteiger partial charge < -0.3 is 9.84 Å². The van der Waals surface area contributed by atoms with Crippen LogP contribution in [0.3, 0.4) is 0 Å². The molecule has 0 amide bonds. The van der Waals surface area contributed by atoms with E-state index in [1.807, 2.05) is 13.8 Å². The lowest BCUT2D eigenvalue weighted by Gasteiger charge is -2.34. The Balaban J connectivity index is 2.17. The number of aromatic nitrogens is 2. The van der Waals surface area contributed by atoms with Crippen LogP contribution in [0.2, 0.25) is 0 Å². The predicted octanol–water partition coefficient (Wildman–Crippen LogP) is 0.959. The van der Waals surface area contributed by atoms with Crippen molar-refractivity contribution in [3.63, 3.8) is 0 Å². The Kier molecular flexibility index (Phi) is 4.44. The summed E-state index contributed by atoms with van der Waals surface area (Å²) in [5, 5.41) is 9.25. The van der Waals surface area contributed by atoms with Gasteiger partial charge in [0.25, 0.3) is 0 Å². The van der Waals surface area contributed by atoms with Crippen LogP contribution in [0.25, 0.3) is 0 Å². The lowest BCUT2D eigenvalue weighted by molar-refractivity contribution is -0.143. The summed E-state index contributed by atoms with van der Waals surface area (Å²) in [6.07, 6.45) is 5.00. The molecule has 3 atom stereocenters. The molecule has 6 nitrogen and oxygen atoms in total. The first-order chi connectivity index (χ1) is 9.15. The fourth-order valence-corrected chi connectivity index (χ4v) is 2.60. The molecule has 0 aromatic carbocycles. The molecule has 2 rings (SSSR count). The molecule has 1 aromatic rings. The Hall–Kier alpha value is -1.53. The van der Waals surface area contributed by atoms with Gasteiger partial charge in [-0.2, -0.15) is 0 Å². The first-order valence-corrected chi connectivity index (χ1v) is 6.47. The van der Waals surface area contributed by atoms with Crippen LogP contribution in [-0.4, -0.2) is 51.7 Å². The topological polar surface area (TPSA) is 75.5 Å². The van der Waals surface area contributed by atoms with Crippen molar-refractivity contribution in [1.29, 1.82) is 0 Å². The molecule has 0 spiro atoms. The van der Waals surface area contributed by atoms with Crippen LogP contribution in [0.5, 0.6) is 0 Å². The van der Waals surface area contributed by atoms with Crippen LogP contribution < -0.4 is 0 Å². The molecule has 1 aromatic heterocycles. The third-order valence-corrected chi connectivity index (χ3v) is 3.67. The van der Waals surface area contributed by atoms with Crippen molar-refractivity contribution >= 4 is 5.97 Å². The van der Waals surface area contributed by atoms with Gasteiger partial charge in [0.1, 0.15) is 0 Å². The molecule has 1 N–H and O–H groups in total. The molecule has 0 aliphatic carbocycles. The predicted molar refractivity (Wildman–Crippen MR) is 68.6 cm³/mol. The number of carboxylic acids is 1. The number of rotatable bonds is 5. The van der Waals surface area contributed by atoms with Crippen molar-refractivity contribution in [3.05, 3.63) is 24.3 Å². The molecule has 1 aliphatic heterocycles. The number of hydrogen-bond donors (Lipinski definition) is 1. The highest BCUT2D eigenvalue weighted by molar-refractivity contribution is 5.71. The molecule has 104 valence electrons. The normalized spacial score (nSPS) is 24.6. The fraction of sp³-hybridized carbons (Fsp3) is 0.615. The molecule has 1 saturated heterocycles. The van der Waals surface area contributed by atoms with Gasteiger partial charge in [0, 0.05) is 24.6 Å². The monoisotopic (exact) mass is 265 g/mol. The lowest BCUT2D eigenvalue weighted by atomic mass is 10.00. The van der Waals surface area contributed by atoms with Crippen LogP contribution >= 0.6 is 0 Å². The number of ether oxygens (including phenoxy) is 1. The van der Waals surface area contributed by atoms with Gasteiger partial charge in [-0.3, -0.25) is 19.7 Å². The molecule has 3 unspecified atom stereocenters. The molecule has 2 heterocycles. The third kappa shape index (κ3) is 2.90. The molecule has 1 fully saturated rings. The second-order valence-electron chi connectivity index (χ2n) is 4.69. The minimum Gasteiger partial charge on any atom is -0.481 e. The van der Waals surface area contributed by atoms with Gasteiger partial charge in [-0.05, 0) is 13.5 Å². The number of aliphatic carboxylic acids is 1. The molecule has 6 heteroatoms. The van der Waals surface area contributed by atoms with Crippen molar-refractivity contribution in [1.82, 2.24) is 14.9 Å². The Bertz CT molecular complexity index is 426. The van der Waals surface area contributed by atoms with E-state index in [1.54, 1.807) is 18.6 Å². The van der Waals surface area contributed by atoms with E-state index in [1.165, 1.54) is 0 Å². The van der Waals surface area contributed by atoms with Crippen molar-refractivity contribution < 1.29 is 14.6 Å². The Labute approximate surface area is 112 Å². The largest absolute Gasteiger partial charge is 0.481 e. The van der Waals surface area contributed by atoms with Crippen LogP contribution in [0.4, 0.5) is 0 Å². The first-order valence-electron chi connectivity index (χ1n) is 6.47. The molecule has 0 saturated carbocycles. The summed E-state index contributed by atoms with van der Waals surface area (Å²) in [5.74, 6) is -1.27. The molecule has 0 radical (unpaired) electrons. The minimum atomic E-state index is -0.799. The lowest BCUT2D eigenvalue weighted by Crippen LogP contribution is -2.44. The minimum absolute atomic E-state index is 0.0206. The average molecular weight is 265 g/mol. The maximum Gasteiger partial charge on any atom is 0.310 e. The summed E-state index contributed by atoms with van der Waals surface area (Å²) in [4.78, 5) is 21.7. The molecule has 1 aliphatic rings. The maximum absolute atomic E-state index is 11.3. The maximum atomic E-state index is 11.3. The number of carbonyl (C=O) groups is 1. The van der Waals surface area contributed by atoms with Crippen LogP contribution in [0.1, 0.15) is 25.6 Å². The number of carboxylic acid groups (broad SMARTS) is 1. The van der Waals surface area contributed by atoms with Crippen LogP contribution in [-0.2, 0) is 9.53 Å². The second kappa shape index (κ2) is 6.08. The molecule has 19 heavy (non-hydrogen) atoms. The van der Waals surface area contributed by atoms with Crippen molar-refractivity contribution in [2.24, 2.45) is 5.92 Å². The van der Waals surface area contributed by atoms with E-state index in [9.17, 15) is 9.90 Å². The fourth-order valence-electron chi connectivity index (χ4n) is 2.60. The van der Waals surface area contributed by atoms with Crippen LogP contribution in [0, 0.1) is 5.92 Å². The van der Waals surface area contributed by atoms with Crippen molar-refractivity contribution in [2.45, 2.75) is 25.9 Å². The first kappa shape index (κ1) is 13.9. The van der Waals surface area contributed by atoms with Gasteiger partial charge in [-0.15, -0.1) is 0 Å². The van der Waals surface area contributed by atoms with E-state index >= 15 is 0 Å². The van der Waals surface area contributed by atoms with Crippen molar-refractivity contribution in [2.75, 3.05) is 19.8 Å². The van der Waals surface area contributed by atoms with E-state index in [2.05, 4.69) is 14.9 Å². The summed E-state index contributed by atoms with van der Waals surface area (Å²) >= 11 is 0. The van der Waals surface area contributed by atoms with E-state index in [4.69, 9.17) is 4.74 Å². The van der Waals surface area contributed by atoms with E-state index in [0.717, 1.165) is 12.2 Å². The summed E-state index contributed by atoms with van der Waals surface area (Å²) < 4.78 is 5.34. The summed E-state index contributed by atoms with van der Waals surface area (Å²) in [6.45, 7) is 5.52. The van der Waals surface area contributed by atoms with Gasteiger partial charge in [-0.1, -0.05) is 6.92 Å². The number of nitrogens with zero attached hydrogens (tertiary/aromatic N) is 3. The Morgan fingerprint density at radius 2 is 2.37 bits per heavy atom. The highest BCUT2D eigenvalue weighted by atomic mass is 16.5. The van der Waals surface area contributed by atoms with E-state index in [0.29, 0.717) is 6.61 Å². The molecule has 0 bridgehead atoms. The highest BCUT2D eigenvalue weighted by Crippen LogP contribution is 2.27. The quantitative estimate of drug-likeness (QED) is 0.854. The summed E-state index contributed by atoms with van der Waals surface area (Å²) in [7, 11) is 0. The Morgan fingerprint density at radius 1 is 1.58 bits per heavy atom. The summed E-state index contributed by atoms with van der Waals surface area (Å²) in [6, 6.07) is -0.0910. The zero-order chi connectivity index (χ0) is 13.8. The summed E-state index contributed by atoms with van der Waals surface area (Å²) in [5.41, 5.74) is 0.848. The van der Waals surface area contributed by atoms with Gasteiger partial charge in [0.2, 0.25) is 0 Å². The second-order valence-corrected chi connectivity index (χ2v) is 4.69. The SMILES string of the molecule is CCN(C(C)c1cnccn1)C1COCC1C(=O)O. The van der Waals surface area contributed by atoms with Crippen molar-refractivity contribution in [3.8, 4) is 0 Å². The molecular weight excluding hydrogens is 246 g/mol. The van der Waals surface area contributed by atoms with Gasteiger partial charge in [0.05, 0.1) is 30.9 Å². The van der Waals surface area contributed by atoms with Gasteiger partial charge >= 0.3 is 5.97 Å². The zero-order valence-corrected chi connectivity index (χ0v) is 11.2. The van der Waals surface area contributed by atoms with E-state index in [-0.39, 0.29) is 18.7 Å². The van der Waals surface area contributed by atoms with Gasteiger partial charge in [-0.25, -0.2) is 0 Å². The van der Waals surface area contributed by atoms with E-state index < -0.39 is 11.9 Å². The average Bonchev–Trinajstić information content (AvgIpc) is 2.90. The van der Waals surface area contributed by atoms with Crippen LogP contribution in [0.15, 0.2) is 18.6 Å². The number of likely N-dealkylation sites (N-methyl/N-ethyl adjacent to an activating group) is 1. The highest BCUT2D eigenvalue weighted by Gasteiger charge is 2.39. The smallest absolute Gasteiger partial charge is 0.310 e. The zero-order valence-electron chi connectivity index (χ0n) is 11.2. The Morgan fingerprint density at radius 3 is 2.95 bits per heavy atom. The third-order valence-electron chi connectivity index (χ3n) is 3.67. The molecular formula is C13H19N3O3. The standard InChI is InChI=1S/C13H19N3O3/c1-3-16(9(2)11-6-14-4-5-15-11)12-8-19-7-10(12)13(17)18/h4-6,9-10,12H,3,7-8H2,1-2H3,(H,17,18). The van der Waals surface area contributed by atoms with Gasteiger partial charge in [0.15, 0.2) is 0 Å². The number of hydrogen-bond acceptors (Lipinski definition) is 5.